The Balaban J connectivity index is 1.82. The highest BCUT2D eigenvalue weighted by Crippen LogP contribution is 2.17. The van der Waals surface area contributed by atoms with E-state index in [-0.39, 0.29) is 0 Å². The second-order valence-corrected chi connectivity index (χ2v) is 7.76. The predicted octanol–water partition coefficient (Wildman–Crippen LogP) is 2.41. The zero-order chi connectivity index (χ0) is 15.4. The minimum absolute atomic E-state index is 0.625. The van der Waals surface area contributed by atoms with Crippen LogP contribution in [0.25, 0.3) is 0 Å². The van der Waals surface area contributed by atoms with Gasteiger partial charge in [-0.15, -0.1) is 11.3 Å². The standard InChI is InChI=1S/C16H30N4S/c1-12(2)6-17-7-16-18-15(11-21-16)10-20-8-13(3)19(5)14(4)9-20/h11-14,17H,6-10H2,1-5H3. The molecule has 0 radical (unpaired) electrons. The smallest absolute Gasteiger partial charge is 0.107 e. The number of nitrogens with zero attached hydrogens (tertiary/aromatic N) is 3. The number of rotatable bonds is 6. The Kier molecular flexibility index (Phi) is 6.17. The molecule has 2 unspecified atom stereocenters. The third-order valence-electron chi connectivity index (χ3n) is 4.25. The minimum atomic E-state index is 0.625. The summed E-state index contributed by atoms with van der Waals surface area (Å²) in [4.78, 5) is 9.78. The van der Waals surface area contributed by atoms with Gasteiger partial charge in [-0.3, -0.25) is 9.80 Å². The average Bonchev–Trinajstić information content (AvgIpc) is 2.83. The molecule has 5 heteroatoms. The second kappa shape index (κ2) is 7.68. The van der Waals surface area contributed by atoms with E-state index < -0.39 is 0 Å². The second-order valence-electron chi connectivity index (χ2n) is 6.81. The molecule has 120 valence electrons. The van der Waals surface area contributed by atoms with Gasteiger partial charge in [0.1, 0.15) is 5.01 Å². The van der Waals surface area contributed by atoms with Crippen LogP contribution in [0.3, 0.4) is 0 Å². The van der Waals surface area contributed by atoms with Crippen molar-refractivity contribution in [1.82, 2.24) is 20.1 Å². The van der Waals surface area contributed by atoms with Crippen molar-refractivity contribution in [3.8, 4) is 0 Å². The van der Waals surface area contributed by atoms with Crippen LogP contribution in [0.2, 0.25) is 0 Å². The molecular formula is C16H30N4S. The summed E-state index contributed by atoms with van der Waals surface area (Å²) in [6, 6.07) is 1.25. The topological polar surface area (TPSA) is 31.4 Å². The van der Waals surface area contributed by atoms with E-state index in [2.05, 4.69) is 55.2 Å². The maximum atomic E-state index is 4.77. The first-order valence-electron chi connectivity index (χ1n) is 8.04. The van der Waals surface area contributed by atoms with Gasteiger partial charge in [-0.1, -0.05) is 13.8 Å². The van der Waals surface area contributed by atoms with E-state index in [1.165, 1.54) is 10.7 Å². The maximum absolute atomic E-state index is 4.77. The number of aromatic nitrogens is 1. The molecule has 1 saturated heterocycles. The third-order valence-corrected chi connectivity index (χ3v) is 5.15. The molecular weight excluding hydrogens is 280 g/mol. The summed E-state index contributed by atoms with van der Waals surface area (Å²) in [6.07, 6.45) is 0. The Hall–Kier alpha value is -0.490. The average molecular weight is 311 g/mol. The maximum Gasteiger partial charge on any atom is 0.107 e. The van der Waals surface area contributed by atoms with E-state index in [0.29, 0.717) is 18.0 Å². The molecule has 2 rings (SSSR count). The molecule has 1 aromatic heterocycles. The molecule has 0 aromatic carbocycles. The van der Waals surface area contributed by atoms with E-state index in [1.54, 1.807) is 11.3 Å². The fourth-order valence-electron chi connectivity index (χ4n) is 2.84. The lowest BCUT2D eigenvalue weighted by molar-refractivity contribution is 0.0550. The van der Waals surface area contributed by atoms with E-state index in [4.69, 9.17) is 4.98 Å². The largest absolute Gasteiger partial charge is 0.310 e. The van der Waals surface area contributed by atoms with E-state index >= 15 is 0 Å². The van der Waals surface area contributed by atoms with Gasteiger partial charge < -0.3 is 5.32 Å². The fraction of sp³-hybridized carbons (Fsp3) is 0.812. The normalized spacial score (nSPS) is 24.9. The van der Waals surface area contributed by atoms with Crippen LogP contribution in [-0.2, 0) is 13.1 Å². The molecule has 1 aliphatic rings. The molecule has 0 saturated carbocycles. The monoisotopic (exact) mass is 310 g/mol. The van der Waals surface area contributed by atoms with Gasteiger partial charge in [-0.05, 0) is 33.4 Å². The molecule has 0 aliphatic carbocycles. The summed E-state index contributed by atoms with van der Waals surface area (Å²) < 4.78 is 0. The Morgan fingerprint density at radius 2 is 2.00 bits per heavy atom. The molecule has 1 aromatic rings. The van der Waals surface area contributed by atoms with Crippen LogP contribution >= 0.6 is 11.3 Å². The van der Waals surface area contributed by atoms with Crippen molar-refractivity contribution in [3.05, 3.63) is 16.1 Å². The van der Waals surface area contributed by atoms with Gasteiger partial charge in [0, 0.05) is 43.6 Å². The quantitative estimate of drug-likeness (QED) is 0.874. The highest BCUT2D eigenvalue weighted by molar-refractivity contribution is 7.09. The summed E-state index contributed by atoms with van der Waals surface area (Å²) >= 11 is 1.78. The Morgan fingerprint density at radius 3 is 2.62 bits per heavy atom. The first-order chi connectivity index (χ1) is 9.95. The molecule has 0 spiro atoms. The Labute approximate surface area is 133 Å². The summed E-state index contributed by atoms with van der Waals surface area (Å²) in [5.41, 5.74) is 1.23. The van der Waals surface area contributed by atoms with Crippen LogP contribution in [0.5, 0.6) is 0 Å². The van der Waals surface area contributed by atoms with Gasteiger partial charge in [0.15, 0.2) is 0 Å². The highest BCUT2D eigenvalue weighted by atomic mass is 32.1. The molecule has 0 amide bonds. The van der Waals surface area contributed by atoms with Crippen molar-refractivity contribution in [2.75, 3.05) is 26.7 Å². The van der Waals surface area contributed by atoms with Gasteiger partial charge in [0.25, 0.3) is 0 Å². The Bertz CT molecular complexity index is 420. The van der Waals surface area contributed by atoms with Gasteiger partial charge in [-0.2, -0.15) is 0 Å². The lowest BCUT2D eigenvalue weighted by atomic mass is 10.1. The molecule has 2 heterocycles. The SMILES string of the molecule is CC(C)CNCc1nc(CN2CC(C)N(C)C(C)C2)cs1. The number of hydrogen-bond acceptors (Lipinski definition) is 5. The first kappa shape index (κ1) is 16.9. The number of likely N-dealkylation sites (N-methyl/N-ethyl adjacent to an activating group) is 1. The van der Waals surface area contributed by atoms with Crippen LogP contribution in [0.15, 0.2) is 5.38 Å². The van der Waals surface area contributed by atoms with Crippen molar-refractivity contribution < 1.29 is 0 Å². The summed E-state index contributed by atoms with van der Waals surface area (Å²) in [7, 11) is 2.23. The first-order valence-corrected chi connectivity index (χ1v) is 8.92. The van der Waals surface area contributed by atoms with Gasteiger partial charge in [-0.25, -0.2) is 4.98 Å². The van der Waals surface area contributed by atoms with Crippen molar-refractivity contribution in [2.24, 2.45) is 5.92 Å². The zero-order valence-electron chi connectivity index (χ0n) is 14.1. The van der Waals surface area contributed by atoms with E-state index in [0.717, 1.165) is 32.7 Å². The minimum Gasteiger partial charge on any atom is -0.310 e. The number of piperazine rings is 1. The van der Waals surface area contributed by atoms with Crippen LogP contribution in [0.1, 0.15) is 38.4 Å². The summed E-state index contributed by atoms with van der Waals surface area (Å²) in [5, 5.41) is 6.90. The number of hydrogen-bond donors (Lipinski definition) is 1. The van der Waals surface area contributed by atoms with Crippen LogP contribution in [0.4, 0.5) is 0 Å². The summed E-state index contributed by atoms with van der Waals surface area (Å²) in [5.74, 6) is 0.692. The Morgan fingerprint density at radius 1 is 1.33 bits per heavy atom. The van der Waals surface area contributed by atoms with Crippen molar-refractivity contribution >= 4 is 11.3 Å². The number of thiazole rings is 1. The zero-order valence-corrected chi connectivity index (χ0v) is 14.9. The van der Waals surface area contributed by atoms with E-state index in [1.807, 2.05) is 0 Å². The summed E-state index contributed by atoms with van der Waals surface area (Å²) in [6.45, 7) is 14.3. The molecule has 1 N–H and O–H groups in total. The van der Waals surface area contributed by atoms with Crippen LogP contribution in [0, 0.1) is 5.92 Å². The molecule has 1 fully saturated rings. The molecule has 2 atom stereocenters. The molecule has 21 heavy (non-hydrogen) atoms. The molecule has 4 nitrogen and oxygen atoms in total. The molecule has 1 aliphatic heterocycles. The van der Waals surface area contributed by atoms with Crippen molar-refractivity contribution in [3.63, 3.8) is 0 Å². The van der Waals surface area contributed by atoms with Crippen LogP contribution < -0.4 is 5.32 Å². The lowest BCUT2D eigenvalue weighted by Gasteiger charge is -2.42. The van der Waals surface area contributed by atoms with Crippen molar-refractivity contribution in [1.29, 1.82) is 0 Å². The third kappa shape index (κ3) is 5.02. The fourth-order valence-corrected chi connectivity index (χ4v) is 3.60. The van der Waals surface area contributed by atoms with Gasteiger partial charge >= 0.3 is 0 Å². The lowest BCUT2D eigenvalue weighted by Crippen LogP contribution is -2.54. The van der Waals surface area contributed by atoms with Crippen molar-refractivity contribution in [2.45, 2.75) is 52.9 Å². The van der Waals surface area contributed by atoms with E-state index in [9.17, 15) is 0 Å². The van der Waals surface area contributed by atoms with Crippen LogP contribution in [-0.4, -0.2) is 53.5 Å². The van der Waals surface area contributed by atoms with Gasteiger partial charge in [0.2, 0.25) is 0 Å². The van der Waals surface area contributed by atoms with Gasteiger partial charge in [0.05, 0.1) is 5.69 Å². The molecule has 0 bridgehead atoms. The predicted molar refractivity (Wildman–Crippen MR) is 90.6 cm³/mol. The number of nitrogens with one attached hydrogen (secondary N) is 1. The highest BCUT2D eigenvalue weighted by Gasteiger charge is 2.26.